The van der Waals surface area contributed by atoms with E-state index in [0.29, 0.717) is 12.5 Å². The molecule has 0 atom stereocenters. The van der Waals surface area contributed by atoms with E-state index in [1.54, 1.807) is 0 Å². The molecule has 1 rings (SSSR count). The molecule has 1 aliphatic heterocycles. The molecule has 2 N–H and O–H groups in total. The standard InChI is InChI=1S/C11H20N2O/c1-10(2,3)8(12)6-9-13-11(4,5)7-14-9/h6H,7,12H2,1-5H3/b8-6-. The van der Waals surface area contributed by atoms with Crippen LogP contribution in [0.3, 0.4) is 0 Å². The topological polar surface area (TPSA) is 47.6 Å². The molecule has 3 heteroatoms. The highest BCUT2D eigenvalue weighted by atomic mass is 16.5. The number of ether oxygens (including phenoxy) is 1. The Morgan fingerprint density at radius 2 is 2.07 bits per heavy atom. The molecule has 0 bridgehead atoms. The molecule has 14 heavy (non-hydrogen) atoms. The van der Waals surface area contributed by atoms with Crippen molar-refractivity contribution in [2.75, 3.05) is 6.61 Å². The van der Waals surface area contributed by atoms with Crippen LogP contribution < -0.4 is 5.73 Å². The molecule has 0 aromatic heterocycles. The average molecular weight is 196 g/mol. The zero-order valence-electron chi connectivity index (χ0n) is 9.72. The van der Waals surface area contributed by atoms with Gasteiger partial charge in [0.25, 0.3) is 0 Å². The van der Waals surface area contributed by atoms with Gasteiger partial charge in [0.2, 0.25) is 5.90 Å². The highest BCUT2D eigenvalue weighted by molar-refractivity contribution is 5.89. The summed E-state index contributed by atoms with van der Waals surface area (Å²) in [6.45, 7) is 10.9. The Morgan fingerprint density at radius 1 is 1.50 bits per heavy atom. The van der Waals surface area contributed by atoms with Crippen molar-refractivity contribution in [2.24, 2.45) is 16.1 Å². The van der Waals surface area contributed by atoms with E-state index in [1.165, 1.54) is 0 Å². The third kappa shape index (κ3) is 2.76. The molecule has 0 radical (unpaired) electrons. The largest absolute Gasteiger partial charge is 0.475 e. The summed E-state index contributed by atoms with van der Waals surface area (Å²) < 4.78 is 5.43. The molecule has 0 aliphatic carbocycles. The maximum atomic E-state index is 5.92. The molecule has 1 heterocycles. The number of rotatable bonds is 1. The summed E-state index contributed by atoms with van der Waals surface area (Å²) in [5, 5.41) is 0. The molecule has 0 aromatic rings. The second-order valence-electron chi connectivity index (χ2n) is 5.40. The Labute approximate surface area is 86.0 Å². The van der Waals surface area contributed by atoms with Crippen molar-refractivity contribution < 1.29 is 4.74 Å². The van der Waals surface area contributed by atoms with E-state index in [4.69, 9.17) is 10.5 Å². The van der Waals surface area contributed by atoms with Crippen LogP contribution in [0, 0.1) is 5.41 Å². The van der Waals surface area contributed by atoms with Gasteiger partial charge in [0.1, 0.15) is 6.61 Å². The lowest BCUT2D eigenvalue weighted by Gasteiger charge is -2.18. The summed E-state index contributed by atoms with van der Waals surface area (Å²) in [7, 11) is 0. The van der Waals surface area contributed by atoms with Crippen LogP contribution in [0.2, 0.25) is 0 Å². The minimum atomic E-state index is -0.107. The highest BCUT2D eigenvalue weighted by Gasteiger charge is 2.26. The first kappa shape index (κ1) is 11.1. The summed E-state index contributed by atoms with van der Waals surface area (Å²) in [6.07, 6.45) is 1.83. The number of allylic oxidation sites excluding steroid dienone is 1. The molecule has 1 aliphatic rings. The van der Waals surface area contributed by atoms with Crippen molar-refractivity contribution >= 4 is 5.90 Å². The molecule has 0 unspecified atom stereocenters. The van der Waals surface area contributed by atoms with Crippen molar-refractivity contribution in [1.82, 2.24) is 0 Å². The van der Waals surface area contributed by atoms with Gasteiger partial charge in [-0.15, -0.1) is 0 Å². The monoisotopic (exact) mass is 196 g/mol. The number of hydrogen-bond donors (Lipinski definition) is 1. The zero-order valence-corrected chi connectivity index (χ0v) is 9.72. The molecular formula is C11H20N2O. The quantitative estimate of drug-likeness (QED) is 0.698. The fourth-order valence-electron chi connectivity index (χ4n) is 1.04. The molecule has 0 saturated carbocycles. The van der Waals surface area contributed by atoms with E-state index in [-0.39, 0.29) is 11.0 Å². The van der Waals surface area contributed by atoms with Gasteiger partial charge in [-0.05, 0) is 13.8 Å². The van der Waals surface area contributed by atoms with E-state index in [2.05, 4.69) is 25.8 Å². The van der Waals surface area contributed by atoms with Gasteiger partial charge in [-0.2, -0.15) is 0 Å². The minimum Gasteiger partial charge on any atom is -0.475 e. The molecule has 0 aromatic carbocycles. The zero-order chi connectivity index (χ0) is 11.0. The number of nitrogens with two attached hydrogens (primary N) is 1. The van der Waals surface area contributed by atoms with Crippen LogP contribution in [-0.2, 0) is 4.74 Å². The van der Waals surface area contributed by atoms with Crippen molar-refractivity contribution in [3.63, 3.8) is 0 Å². The second-order valence-corrected chi connectivity index (χ2v) is 5.40. The van der Waals surface area contributed by atoms with Crippen molar-refractivity contribution in [1.29, 1.82) is 0 Å². The lowest BCUT2D eigenvalue weighted by atomic mass is 9.92. The second kappa shape index (κ2) is 3.30. The van der Waals surface area contributed by atoms with Crippen molar-refractivity contribution in [3.05, 3.63) is 11.8 Å². The SMILES string of the molecule is CC1(C)COC(/C=C(\N)C(C)(C)C)=N1. The number of hydrogen-bond acceptors (Lipinski definition) is 3. The normalized spacial score (nSPS) is 21.8. The van der Waals surface area contributed by atoms with Gasteiger partial charge >= 0.3 is 0 Å². The summed E-state index contributed by atoms with van der Waals surface area (Å²) in [5.74, 6) is 0.655. The van der Waals surface area contributed by atoms with Crippen LogP contribution in [0.4, 0.5) is 0 Å². The van der Waals surface area contributed by atoms with Gasteiger partial charge in [-0.3, -0.25) is 0 Å². The van der Waals surface area contributed by atoms with E-state index < -0.39 is 0 Å². The number of nitrogens with zero attached hydrogens (tertiary/aromatic N) is 1. The predicted molar refractivity (Wildman–Crippen MR) is 59.2 cm³/mol. The molecule has 0 fully saturated rings. The van der Waals surface area contributed by atoms with Crippen LogP contribution in [0.1, 0.15) is 34.6 Å². The van der Waals surface area contributed by atoms with Crippen LogP contribution >= 0.6 is 0 Å². The van der Waals surface area contributed by atoms with E-state index in [9.17, 15) is 0 Å². The average Bonchev–Trinajstić information content (AvgIpc) is 2.28. The molecule has 3 nitrogen and oxygen atoms in total. The molecule has 80 valence electrons. The Balaban J connectivity index is 2.80. The summed E-state index contributed by atoms with van der Waals surface area (Å²) >= 11 is 0. The molecule has 0 saturated heterocycles. The van der Waals surface area contributed by atoms with Crippen LogP contribution in [0.15, 0.2) is 16.8 Å². The van der Waals surface area contributed by atoms with E-state index >= 15 is 0 Å². The summed E-state index contributed by atoms with van der Waals surface area (Å²) in [4.78, 5) is 4.41. The van der Waals surface area contributed by atoms with Gasteiger partial charge < -0.3 is 10.5 Å². The lowest BCUT2D eigenvalue weighted by Crippen LogP contribution is -2.18. The Kier molecular flexibility index (Phi) is 2.61. The Bertz CT molecular complexity index is 282. The maximum Gasteiger partial charge on any atom is 0.211 e. The van der Waals surface area contributed by atoms with Crippen molar-refractivity contribution in [2.45, 2.75) is 40.2 Å². The first-order chi connectivity index (χ1) is 6.21. The highest BCUT2D eigenvalue weighted by Crippen LogP contribution is 2.23. The maximum absolute atomic E-state index is 5.92. The summed E-state index contributed by atoms with van der Waals surface area (Å²) in [5.41, 5.74) is 6.58. The third-order valence-corrected chi connectivity index (χ3v) is 2.13. The minimum absolute atomic E-state index is 0.0292. The lowest BCUT2D eigenvalue weighted by molar-refractivity contribution is 0.280. The van der Waals surface area contributed by atoms with Crippen LogP contribution in [0.25, 0.3) is 0 Å². The van der Waals surface area contributed by atoms with E-state index in [1.807, 2.05) is 19.9 Å². The Hall–Kier alpha value is -0.990. The summed E-state index contributed by atoms with van der Waals surface area (Å²) in [6, 6.07) is 0. The van der Waals surface area contributed by atoms with E-state index in [0.717, 1.165) is 5.70 Å². The van der Waals surface area contributed by atoms with Gasteiger partial charge in [0.05, 0.1) is 5.54 Å². The molecule has 0 spiro atoms. The predicted octanol–water partition coefficient (Wildman–Crippen LogP) is 2.08. The number of aliphatic imine (C=N–C) groups is 1. The smallest absolute Gasteiger partial charge is 0.211 e. The van der Waals surface area contributed by atoms with Crippen molar-refractivity contribution in [3.8, 4) is 0 Å². The molecular weight excluding hydrogens is 176 g/mol. The van der Waals surface area contributed by atoms with Gasteiger partial charge in [0.15, 0.2) is 0 Å². The van der Waals surface area contributed by atoms with Gasteiger partial charge in [0, 0.05) is 17.2 Å². The third-order valence-electron chi connectivity index (χ3n) is 2.13. The molecule has 0 amide bonds. The van der Waals surface area contributed by atoms with Crippen LogP contribution in [-0.4, -0.2) is 18.0 Å². The van der Waals surface area contributed by atoms with Crippen LogP contribution in [0.5, 0.6) is 0 Å². The Morgan fingerprint density at radius 3 is 2.43 bits per heavy atom. The fraction of sp³-hybridized carbons (Fsp3) is 0.727. The first-order valence-electron chi connectivity index (χ1n) is 4.91. The fourth-order valence-corrected chi connectivity index (χ4v) is 1.04. The first-order valence-corrected chi connectivity index (χ1v) is 4.91. The van der Waals surface area contributed by atoms with Gasteiger partial charge in [-0.25, -0.2) is 4.99 Å². The van der Waals surface area contributed by atoms with Gasteiger partial charge in [-0.1, -0.05) is 20.8 Å².